The molecule has 0 aliphatic heterocycles. The van der Waals surface area contributed by atoms with E-state index in [9.17, 15) is 9.90 Å². The minimum atomic E-state index is -0.242. The predicted octanol–water partition coefficient (Wildman–Crippen LogP) is 2.63. The summed E-state index contributed by atoms with van der Waals surface area (Å²) in [6, 6.07) is 7.99. The molecule has 0 spiro atoms. The van der Waals surface area contributed by atoms with E-state index in [-0.39, 0.29) is 18.2 Å². The van der Waals surface area contributed by atoms with E-state index in [4.69, 9.17) is 23.2 Å². The summed E-state index contributed by atoms with van der Waals surface area (Å²) < 4.78 is 1.57. The summed E-state index contributed by atoms with van der Waals surface area (Å²) in [5, 5.41) is 12.9. The Kier molecular flexibility index (Phi) is 4.24. The third-order valence-electron chi connectivity index (χ3n) is 2.32. The zero-order valence-corrected chi connectivity index (χ0v) is 11.3. The van der Waals surface area contributed by atoms with E-state index in [0.717, 1.165) is 0 Å². The van der Waals surface area contributed by atoms with Crippen LogP contribution in [0, 0.1) is 0 Å². The molecule has 2 N–H and O–H groups in total. The molecular weight excluding hydrogens is 287 g/mol. The van der Waals surface area contributed by atoms with Crippen LogP contribution in [0.5, 0.6) is 5.75 Å². The second-order valence-electron chi connectivity index (χ2n) is 3.94. The number of aromatic hydroxyl groups is 1. The van der Waals surface area contributed by atoms with E-state index >= 15 is 0 Å². The highest BCUT2D eigenvalue weighted by Gasteiger charge is 2.10. The molecule has 1 heterocycles. The molecule has 2 aromatic rings. The highest BCUT2D eigenvalue weighted by Crippen LogP contribution is 2.22. The van der Waals surface area contributed by atoms with E-state index in [0.29, 0.717) is 15.7 Å². The highest BCUT2D eigenvalue weighted by molar-refractivity contribution is 6.35. The van der Waals surface area contributed by atoms with E-state index in [1.165, 1.54) is 12.3 Å². The van der Waals surface area contributed by atoms with Gasteiger partial charge in [-0.1, -0.05) is 23.2 Å². The Bertz CT molecular complexity index is 597. The SMILES string of the molecule is O=C(C[n+]1cccc(O)c1)Nc1cc(Cl)cc(Cl)c1. The molecule has 98 valence electrons. The van der Waals surface area contributed by atoms with Gasteiger partial charge in [-0.2, -0.15) is 4.57 Å². The molecule has 1 aromatic heterocycles. The van der Waals surface area contributed by atoms with E-state index in [1.54, 1.807) is 35.0 Å². The quantitative estimate of drug-likeness (QED) is 0.856. The maximum Gasteiger partial charge on any atom is 0.290 e. The van der Waals surface area contributed by atoms with Crippen molar-refractivity contribution in [2.75, 3.05) is 5.32 Å². The van der Waals surface area contributed by atoms with Gasteiger partial charge in [0.2, 0.25) is 12.7 Å². The van der Waals surface area contributed by atoms with E-state index < -0.39 is 0 Å². The molecule has 0 fully saturated rings. The minimum absolute atomic E-state index is 0.0819. The van der Waals surface area contributed by atoms with Crippen LogP contribution in [-0.4, -0.2) is 11.0 Å². The number of benzene rings is 1. The predicted molar refractivity (Wildman–Crippen MR) is 73.4 cm³/mol. The number of amides is 1. The average molecular weight is 298 g/mol. The normalized spacial score (nSPS) is 10.2. The number of rotatable bonds is 3. The molecule has 0 atom stereocenters. The van der Waals surface area contributed by atoms with Crippen LogP contribution >= 0.6 is 23.2 Å². The Hall–Kier alpha value is -1.78. The smallest absolute Gasteiger partial charge is 0.290 e. The van der Waals surface area contributed by atoms with Gasteiger partial charge in [-0.25, -0.2) is 0 Å². The van der Waals surface area contributed by atoms with Crippen molar-refractivity contribution in [2.45, 2.75) is 6.54 Å². The number of nitrogens with one attached hydrogen (secondary N) is 1. The molecule has 2 rings (SSSR count). The molecule has 19 heavy (non-hydrogen) atoms. The van der Waals surface area contributed by atoms with Gasteiger partial charge in [-0.15, -0.1) is 0 Å². The summed E-state index contributed by atoms with van der Waals surface area (Å²) in [4.78, 5) is 11.8. The van der Waals surface area contributed by atoms with Gasteiger partial charge in [0.05, 0.1) is 0 Å². The molecule has 4 nitrogen and oxygen atoms in total. The van der Waals surface area contributed by atoms with Crippen molar-refractivity contribution in [3.63, 3.8) is 0 Å². The third-order valence-corrected chi connectivity index (χ3v) is 2.75. The van der Waals surface area contributed by atoms with Crippen molar-refractivity contribution in [2.24, 2.45) is 0 Å². The van der Waals surface area contributed by atoms with Crippen molar-refractivity contribution in [1.82, 2.24) is 0 Å². The number of carbonyl (C=O) groups is 1. The Morgan fingerprint density at radius 1 is 1.26 bits per heavy atom. The van der Waals surface area contributed by atoms with E-state index in [1.807, 2.05) is 0 Å². The summed E-state index contributed by atoms with van der Waals surface area (Å²) >= 11 is 11.7. The van der Waals surface area contributed by atoms with Crippen LogP contribution in [0.15, 0.2) is 42.7 Å². The first kappa shape index (κ1) is 13.6. The summed E-state index contributed by atoms with van der Waals surface area (Å²) in [6.45, 7) is 0.0819. The average Bonchev–Trinajstić information content (AvgIpc) is 2.26. The van der Waals surface area contributed by atoms with Gasteiger partial charge in [-0.05, 0) is 24.3 Å². The molecule has 0 radical (unpaired) electrons. The number of halogens is 2. The molecule has 0 saturated carbocycles. The van der Waals surface area contributed by atoms with Crippen LogP contribution in [0.25, 0.3) is 0 Å². The van der Waals surface area contributed by atoms with Crippen molar-refractivity contribution in [3.05, 3.63) is 52.8 Å². The van der Waals surface area contributed by atoms with Crippen molar-refractivity contribution in [1.29, 1.82) is 0 Å². The Balaban J connectivity index is 2.05. The molecule has 0 bridgehead atoms. The third kappa shape index (κ3) is 4.12. The molecule has 0 saturated heterocycles. The van der Waals surface area contributed by atoms with Crippen LogP contribution in [0.2, 0.25) is 10.0 Å². The second-order valence-corrected chi connectivity index (χ2v) is 4.81. The zero-order chi connectivity index (χ0) is 13.8. The second kappa shape index (κ2) is 5.91. The number of hydrogen-bond acceptors (Lipinski definition) is 2. The molecule has 0 unspecified atom stereocenters. The van der Waals surface area contributed by atoms with Gasteiger partial charge < -0.3 is 10.4 Å². The van der Waals surface area contributed by atoms with Crippen molar-refractivity contribution >= 4 is 34.8 Å². The number of aromatic nitrogens is 1. The molecule has 0 aliphatic carbocycles. The largest absolute Gasteiger partial charge is 0.503 e. The Morgan fingerprint density at radius 3 is 2.58 bits per heavy atom. The fraction of sp³-hybridized carbons (Fsp3) is 0.0769. The first-order chi connectivity index (χ1) is 9.02. The lowest BCUT2D eigenvalue weighted by Gasteiger charge is -2.04. The van der Waals surface area contributed by atoms with Crippen LogP contribution in [0.4, 0.5) is 5.69 Å². The standard InChI is InChI=1S/C13H10Cl2N2O2/c14-9-4-10(15)6-11(5-9)16-13(19)8-17-3-1-2-12(18)7-17/h1-7H,8H2,(H-,16,18,19)/p+1. The van der Waals surface area contributed by atoms with Crippen molar-refractivity contribution < 1.29 is 14.5 Å². The van der Waals surface area contributed by atoms with Crippen LogP contribution in [0.3, 0.4) is 0 Å². The lowest BCUT2D eigenvalue weighted by Crippen LogP contribution is -2.39. The molecule has 0 aliphatic rings. The maximum absolute atomic E-state index is 11.8. The summed E-state index contributed by atoms with van der Waals surface area (Å²) in [5.74, 6) is -0.143. The Labute approximate surface area is 120 Å². The lowest BCUT2D eigenvalue weighted by atomic mass is 10.3. The van der Waals surface area contributed by atoms with Gasteiger partial charge in [0.1, 0.15) is 0 Å². The number of anilines is 1. The zero-order valence-electron chi connectivity index (χ0n) is 9.81. The van der Waals surface area contributed by atoms with Gasteiger partial charge in [-0.3, -0.25) is 4.79 Å². The fourth-order valence-corrected chi connectivity index (χ4v) is 2.12. The number of hydrogen-bond donors (Lipinski definition) is 2. The topological polar surface area (TPSA) is 53.2 Å². The summed E-state index contributed by atoms with van der Waals surface area (Å²) in [6.07, 6.45) is 3.15. The monoisotopic (exact) mass is 297 g/mol. The molecule has 6 heteroatoms. The van der Waals surface area contributed by atoms with Crippen LogP contribution in [-0.2, 0) is 11.3 Å². The first-order valence-electron chi connectivity index (χ1n) is 5.47. The van der Waals surface area contributed by atoms with Gasteiger partial charge >= 0.3 is 0 Å². The first-order valence-corrected chi connectivity index (χ1v) is 6.22. The molecular formula is C13H11Cl2N2O2+. The van der Waals surface area contributed by atoms with Crippen LogP contribution < -0.4 is 9.88 Å². The van der Waals surface area contributed by atoms with Crippen LogP contribution in [0.1, 0.15) is 0 Å². The summed E-state index contributed by atoms with van der Waals surface area (Å²) in [7, 11) is 0. The molecule has 1 amide bonds. The Morgan fingerprint density at radius 2 is 1.95 bits per heavy atom. The molecule has 1 aromatic carbocycles. The maximum atomic E-state index is 11.8. The minimum Gasteiger partial charge on any atom is -0.503 e. The fourth-order valence-electron chi connectivity index (χ4n) is 1.60. The number of nitrogens with zero attached hydrogens (tertiary/aromatic N) is 1. The van der Waals surface area contributed by atoms with Gasteiger partial charge in [0, 0.05) is 21.8 Å². The van der Waals surface area contributed by atoms with Gasteiger partial charge in [0.15, 0.2) is 11.9 Å². The summed E-state index contributed by atoms with van der Waals surface area (Å²) in [5.41, 5.74) is 0.531. The van der Waals surface area contributed by atoms with E-state index in [2.05, 4.69) is 5.32 Å². The lowest BCUT2D eigenvalue weighted by molar-refractivity contribution is -0.684. The number of pyridine rings is 1. The highest BCUT2D eigenvalue weighted by atomic mass is 35.5. The number of carbonyl (C=O) groups excluding carboxylic acids is 1. The van der Waals surface area contributed by atoms with Crippen molar-refractivity contribution in [3.8, 4) is 5.75 Å². The van der Waals surface area contributed by atoms with Gasteiger partial charge in [0.25, 0.3) is 5.91 Å².